The van der Waals surface area contributed by atoms with Crippen LogP contribution in [0.2, 0.25) is 0 Å². The lowest BCUT2D eigenvalue weighted by molar-refractivity contribution is -0.384. The van der Waals surface area contributed by atoms with Gasteiger partial charge in [-0.25, -0.2) is 8.78 Å². The lowest BCUT2D eigenvalue weighted by Crippen LogP contribution is -2.21. The maximum Gasteiger partial charge on any atom is 0.282 e. The summed E-state index contributed by atoms with van der Waals surface area (Å²) in [6, 6.07) is 11.8. The number of rotatable bonds is 9. The summed E-state index contributed by atoms with van der Waals surface area (Å²) in [5.41, 5.74) is 0.0548. The van der Waals surface area contributed by atoms with Crippen LogP contribution in [-0.4, -0.2) is 27.7 Å². The van der Waals surface area contributed by atoms with Gasteiger partial charge >= 0.3 is 0 Å². The van der Waals surface area contributed by atoms with Crippen LogP contribution in [0.4, 0.5) is 20.2 Å². The van der Waals surface area contributed by atoms with E-state index < -0.39 is 17.3 Å². The monoisotopic (exact) mass is 458 g/mol. The Labute approximate surface area is 187 Å². The van der Waals surface area contributed by atoms with Crippen molar-refractivity contribution in [2.75, 3.05) is 12.4 Å². The summed E-state index contributed by atoms with van der Waals surface area (Å²) in [5, 5.41) is 17.8. The number of carbonyl (C=O) groups excluding carboxylic acids is 1. The molecule has 0 saturated heterocycles. The highest BCUT2D eigenvalue weighted by molar-refractivity contribution is 5.91. The molecule has 1 N–H and O–H groups in total. The van der Waals surface area contributed by atoms with Crippen LogP contribution in [0.3, 0.4) is 0 Å². The van der Waals surface area contributed by atoms with Crippen LogP contribution in [0.5, 0.6) is 17.2 Å². The molecule has 33 heavy (non-hydrogen) atoms. The third-order valence-electron chi connectivity index (χ3n) is 5.02. The number of nitrogens with one attached hydrogen (secondary N) is 1. The van der Waals surface area contributed by atoms with Gasteiger partial charge in [-0.05, 0) is 43.2 Å². The van der Waals surface area contributed by atoms with Crippen molar-refractivity contribution in [1.29, 1.82) is 0 Å². The second kappa shape index (κ2) is 9.23. The first kappa shape index (κ1) is 22.2. The Hall–Kier alpha value is -4.02. The average molecular weight is 458 g/mol. The van der Waals surface area contributed by atoms with Crippen LogP contribution in [0.1, 0.15) is 36.6 Å². The number of amides is 1. The van der Waals surface area contributed by atoms with Gasteiger partial charge in [0.2, 0.25) is 5.91 Å². The Morgan fingerprint density at radius 2 is 1.88 bits per heavy atom. The van der Waals surface area contributed by atoms with Crippen molar-refractivity contribution >= 4 is 17.3 Å². The number of carbonyl (C=O) groups is 1. The minimum atomic E-state index is -2.73. The van der Waals surface area contributed by atoms with Crippen molar-refractivity contribution in [3.8, 4) is 17.2 Å². The van der Waals surface area contributed by atoms with E-state index in [-0.39, 0.29) is 35.3 Å². The fourth-order valence-electron chi connectivity index (χ4n) is 3.33. The maximum atomic E-state index is 13.1. The molecule has 4 rings (SSSR count). The normalized spacial score (nSPS) is 13.1. The van der Waals surface area contributed by atoms with Gasteiger partial charge in [0.15, 0.2) is 0 Å². The number of halogens is 2. The molecule has 172 valence electrons. The molecular formula is C22H20F2N4O5. The highest BCUT2D eigenvalue weighted by Crippen LogP contribution is 2.41. The summed E-state index contributed by atoms with van der Waals surface area (Å²) < 4.78 is 38.1. The minimum absolute atomic E-state index is 0.111. The third kappa shape index (κ3) is 5.43. The Kier molecular flexibility index (Phi) is 6.20. The van der Waals surface area contributed by atoms with Crippen molar-refractivity contribution in [2.45, 2.75) is 31.7 Å². The largest absolute Gasteiger partial charge is 0.497 e. The number of nitro benzene ring substituents is 1. The quantitative estimate of drug-likeness (QED) is 0.355. The lowest BCUT2D eigenvalue weighted by atomic mass is 10.2. The zero-order valence-electron chi connectivity index (χ0n) is 17.5. The molecule has 1 fully saturated rings. The van der Waals surface area contributed by atoms with Crippen molar-refractivity contribution in [1.82, 2.24) is 9.78 Å². The van der Waals surface area contributed by atoms with E-state index in [1.807, 2.05) is 0 Å². The Morgan fingerprint density at radius 1 is 1.18 bits per heavy atom. The van der Waals surface area contributed by atoms with Gasteiger partial charge in [0.1, 0.15) is 29.5 Å². The number of alkyl halides is 2. The summed E-state index contributed by atoms with van der Waals surface area (Å²) in [4.78, 5) is 23.3. The average Bonchev–Trinajstić information content (AvgIpc) is 3.54. The van der Waals surface area contributed by atoms with Gasteiger partial charge in [-0.2, -0.15) is 5.10 Å². The number of hydrogen-bond donors (Lipinski definition) is 1. The van der Waals surface area contributed by atoms with Gasteiger partial charge < -0.3 is 14.8 Å². The molecule has 1 aromatic heterocycles. The van der Waals surface area contributed by atoms with Gasteiger partial charge in [-0.1, -0.05) is 0 Å². The molecule has 3 aromatic rings. The van der Waals surface area contributed by atoms with Crippen molar-refractivity contribution in [2.24, 2.45) is 0 Å². The summed E-state index contributed by atoms with van der Waals surface area (Å²) in [6.45, 7) is -0.296. The maximum absolute atomic E-state index is 13.1. The fourth-order valence-corrected chi connectivity index (χ4v) is 3.33. The van der Waals surface area contributed by atoms with E-state index >= 15 is 0 Å². The number of nitrogens with zero attached hydrogens (tertiary/aromatic N) is 3. The van der Waals surface area contributed by atoms with E-state index in [1.165, 1.54) is 36.1 Å². The van der Waals surface area contributed by atoms with Crippen LogP contribution in [0, 0.1) is 10.1 Å². The molecule has 0 atom stereocenters. The van der Waals surface area contributed by atoms with Crippen molar-refractivity contribution in [3.05, 3.63) is 70.0 Å². The van der Waals surface area contributed by atoms with Crippen LogP contribution >= 0.6 is 0 Å². The number of anilines is 1. The van der Waals surface area contributed by atoms with E-state index in [0.717, 1.165) is 12.8 Å². The smallest absolute Gasteiger partial charge is 0.282 e. The molecule has 11 heteroatoms. The summed E-state index contributed by atoms with van der Waals surface area (Å²) in [5.74, 6) is 0.728. The van der Waals surface area contributed by atoms with Gasteiger partial charge in [0.05, 0.1) is 23.8 Å². The minimum Gasteiger partial charge on any atom is -0.497 e. The van der Waals surface area contributed by atoms with E-state index in [9.17, 15) is 23.7 Å². The molecular weight excluding hydrogens is 438 g/mol. The predicted octanol–water partition coefficient (Wildman–Crippen LogP) is 5.05. The van der Waals surface area contributed by atoms with Crippen LogP contribution in [0.25, 0.3) is 0 Å². The Bertz CT molecular complexity index is 1180. The van der Waals surface area contributed by atoms with Crippen LogP contribution in [-0.2, 0) is 11.3 Å². The molecule has 0 unspecified atom stereocenters. The van der Waals surface area contributed by atoms with Crippen LogP contribution < -0.4 is 14.8 Å². The predicted molar refractivity (Wildman–Crippen MR) is 114 cm³/mol. The first-order chi connectivity index (χ1) is 15.8. The molecule has 2 aromatic carbocycles. The first-order valence-electron chi connectivity index (χ1n) is 10.1. The molecule has 1 aliphatic carbocycles. The van der Waals surface area contributed by atoms with E-state index in [0.29, 0.717) is 17.2 Å². The fraction of sp³-hybridized carbons (Fsp3) is 0.273. The van der Waals surface area contributed by atoms with Gasteiger partial charge in [0.25, 0.3) is 12.1 Å². The van der Waals surface area contributed by atoms with Gasteiger partial charge in [-0.15, -0.1) is 0 Å². The number of aromatic nitrogens is 2. The molecule has 0 radical (unpaired) electrons. The number of non-ortho nitro benzene ring substituents is 1. The van der Waals surface area contributed by atoms with Crippen LogP contribution in [0.15, 0.2) is 48.5 Å². The van der Waals surface area contributed by atoms with Crippen molar-refractivity contribution in [3.63, 3.8) is 0 Å². The molecule has 1 aliphatic rings. The molecule has 9 nitrogen and oxygen atoms in total. The zero-order valence-corrected chi connectivity index (χ0v) is 17.5. The number of nitro groups is 1. The highest BCUT2D eigenvalue weighted by atomic mass is 19.3. The topological polar surface area (TPSA) is 109 Å². The number of hydrogen-bond acceptors (Lipinski definition) is 6. The summed E-state index contributed by atoms with van der Waals surface area (Å²) >= 11 is 0. The molecule has 1 saturated carbocycles. The molecule has 1 amide bonds. The lowest BCUT2D eigenvalue weighted by Gasteiger charge is -2.11. The molecule has 0 bridgehead atoms. The number of benzene rings is 2. The molecule has 0 aliphatic heterocycles. The second-order valence-corrected chi connectivity index (χ2v) is 7.53. The first-order valence-corrected chi connectivity index (χ1v) is 10.1. The third-order valence-corrected chi connectivity index (χ3v) is 5.02. The standard InChI is InChI=1S/C22H20F2N4O5/c1-32-16-4-6-17(7-5-16)33-18-9-14(8-15(10-18)28(30)31)25-21(29)12-27-20(13-2-3-13)11-19(26-27)22(23)24/h4-11,13,22H,2-3,12H2,1H3,(H,25,29). The molecule has 0 spiro atoms. The van der Waals surface area contributed by atoms with Gasteiger partial charge in [0, 0.05) is 23.7 Å². The zero-order chi connectivity index (χ0) is 23.5. The second-order valence-electron chi connectivity index (χ2n) is 7.53. The van der Waals surface area contributed by atoms with Gasteiger partial charge in [-0.3, -0.25) is 19.6 Å². The van der Waals surface area contributed by atoms with Crippen molar-refractivity contribution < 1.29 is 28.0 Å². The Balaban J connectivity index is 1.52. The van der Waals surface area contributed by atoms with E-state index in [1.54, 1.807) is 24.3 Å². The SMILES string of the molecule is COc1ccc(Oc2cc(NC(=O)Cn3nc(C(F)F)cc3C3CC3)cc([N+](=O)[O-])c2)cc1. The van der Waals surface area contributed by atoms with E-state index in [4.69, 9.17) is 9.47 Å². The number of methoxy groups -OCH3 is 1. The van der Waals surface area contributed by atoms with E-state index in [2.05, 4.69) is 10.4 Å². The molecule has 1 heterocycles. The number of ether oxygens (including phenoxy) is 2. The Morgan fingerprint density at radius 3 is 2.48 bits per heavy atom. The summed E-state index contributed by atoms with van der Waals surface area (Å²) in [7, 11) is 1.52. The highest BCUT2D eigenvalue weighted by Gasteiger charge is 2.30. The summed E-state index contributed by atoms with van der Waals surface area (Å²) in [6.07, 6.45) is -1.03.